The van der Waals surface area contributed by atoms with Crippen molar-refractivity contribution in [3.8, 4) is 11.3 Å². The lowest BCUT2D eigenvalue weighted by Gasteiger charge is -2.12. The second-order valence-corrected chi connectivity index (χ2v) is 6.63. The normalized spacial score (nSPS) is 15.3. The molecule has 1 aliphatic rings. The summed E-state index contributed by atoms with van der Waals surface area (Å²) in [6, 6.07) is 9.76. The van der Waals surface area contributed by atoms with Gasteiger partial charge in [-0.1, -0.05) is 30.3 Å². The molecule has 1 aromatic heterocycles. The fourth-order valence-corrected chi connectivity index (χ4v) is 2.93. The molecule has 0 radical (unpaired) electrons. The average Bonchev–Trinajstić information content (AvgIpc) is 3.20. The van der Waals surface area contributed by atoms with Gasteiger partial charge in [0.2, 0.25) is 0 Å². The number of hydrogen-bond acceptors (Lipinski definition) is 4. The zero-order chi connectivity index (χ0) is 15.4. The number of aromatic nitrogens is 1. The van der Waals surface area contributed by atoms with Crippen LogP contribution in [0.1, 0.15) is 17.8 Å². The maximum Gasteiger partial charge on any atom is 0.315 e. The highest BCUT2D eigenvalue weighted by Gasteiger charge is 2.42. The maximum absolute atomic E-state index is 11.8. The summed E-state index contributed by atoms with van der Waals surface area (Å²) >= 11 is 1.53. The third-order valence-electron chi connectivity index (χ3n) is 3.94. The van der Waals surface area contributed by atoms with Crippen LogP contribution in [0.15, 0.2) is 35.7 Å². The quantitative estimate of drug-likeness (QED) is 0.766. The van der Waals surface area contributed by atoms with Gasteiger partial charge < -0.3 is 15.7 Å². The summed E-state index contributed by atoms with van der Waals surface area (Å²) in [4.78, 5) is 16.3. The molecule has 0 unspecified atom stereocenters. The number of thiazole rings is 1. The zero-order valence-electron chi connectivity index (χ0n) is 12.2. The lowest BCUT2D eigenvalue weighted by atomic mass is 10.1. The molecule has 1 saturated carbocycles. The Bertz CT molecular complexity index is 638. The van der Waals surface area contributed by atoms with Gasteiger partial charge >= 0.3 is 6.03 Å². The molecule has 1 aliphatic carbocycles. The fraction of sp³-hybridized carbons (Fsp3) is 0.375. The van der Waals surface area contributed by atoms with Gasteiger partial charge in [0, 0.05) is 22.9 Å². The molecule has 116 valence electrons. The predicted octanol–water partition coefficient (Wildman–Crippen LogP) is 2.38. The summed E-state index contributed by atoms with van der Waals surface area (Å²) in [6.07, 6.45) is 1.97. The molecule has 0 atom stereocenters. The number of carbonyl (C=O) groups excluding carboxylic acids is 1. The number of hydrogen-bond donors (Lipinski definition) is 3. The molecule has 6 heteroatoms. The van der Waals surface area contributed by atoms with E-state index in [9.17, 15) is 9.90 Å². The van der Waals surface area contributed by atoms with E-state index in [1.54, 1.807) is 0 Å². The lowest BCUT2D eigenvalue weighted by Crippen LogP contribution is -2.39. The third kappa shape index (κ3) is 3.64. The number of aliphatic hydroxyl groups is 1. The van der Waals surface area contributed by atoms with E-state index in [-0.39, 0.29) is 18.1 Å². The SMILES string of the molecule is O=C(NCc1nc(-c2ccccc2)cs1)NCC1(CO)CC1. The highest BCUT2D eigenvalue weighted by Crippen LogP contribution is 2.44. The number of urea groups is 1. The van der Waals surface area contributed by atoms with Crippen molar-refractivity contribution in [2.24, 2.45) is 5.41 Å². The number of rotatable bonds is 6. The Labute approximate surface area is 133 Å². The Kier molecular flexibility index (Phi) is 4.40. The highest BCUT2D eigenvalue weighted by atomic mass is 32.1. The van der Waals surface area contributed by atoms with Crippen molar-refractivity contribution in [3.63, 3.8) is 0 Å². The molecule has 0 bridgehead atoms. The van der Waals surface area contributed by atoms with E-state index in [0.29, 0.717) is 13.1 Å². The monoisotopic (exact) mass is 317 g/mol. The van der Waals surface area contributed by atoms with Gasteiger partial charge in [0.15, 0.2) is 0 Å². The molecule has 0 saturated heterocycles. The van der Waals surface area contributed by atoms with Gasteiger partial charge in [-0.2, -0.15) is 0 Å². The first kappa shape index (κ1) is 15.0. The number of carbonyl (C=O) groups is 1. The minimum atomic E-state index is -0.212. The van der Waals surface area contributed by atoms with Gasteiger partial charge in [-0.3, -0.25) is 0 Å². The van der Waals surface area contributed by atoms with Crippen LogP contribution in [0.5, 0.6) is 0 Å². The average molecular weight is 317 g/mol. The van der Waals surface area contributed by atoms with Crippen LogP contribution < -0.4 is 10.6 Å². The van der Waals surface area contributed by atoms with Gasteiger partial charge in [-0.25, -0.2) is 9.78 Å². The number of benzene rings is 1. The molecule has 3 N–H and O–H groups in total. The van der Waals surface area contributed by atoms with E-state index in [0.717, 1.165) is 29.1 Å². The molecule has 1 heterocycles. The molecule has 2 amide bonds. The largest absolute Gasteiger partial charge is 0.396 e. The van der Waals surface area contributed by atoms with Crippen LogP contribution in [0.25, 0.3) is 11.3 Å². The second kappa shape index (κ2) is 6.46. The molecule has 22 heavy (non-hydrogen) atoms. The van der Waals surface area contributed by atoms with E-state index < -0.39 is 0 Å². The van der Waals surface area contributed by atoms with E-state index in [4.69, 9.17) is 0 Å². The minimum absolute atomic E-state index is 0.0704. The Hall–Kier alpha value is -1.92. The molecule has 1 fully saturated rings. The topological polar surface area (TPSA) is 74.2 Å². The summed E-state index contributed by atoms with van der Waals surface area (Å²) in [7, 11) is 0. The standard InChI is InChI=1S/C16H19N3O2S/c20-11-16(6-7-16)10-18-15(21)17-8-14-19-13(9-22-14)12-4-2-1-3-5-12/h1-5,9,20H,6-8,10-11H2,(H2,17,18,21). The van der Waals surface area contributed by atoms with Gasteiger partial charge in [0.05, 0.1) is 18.8 Å². The fourth-order valence-electron chi connectivity index (χ4n) is 2.19. The number of nitrogens with one attached hydrogen (secondary N) is 2. The maximum atomic E-state index is 11.8. The van der Waals surface area contributed by atoms with Crippen LogP contribution in [-0.4, -0.2) is 29.3 Å². The summed E-state index contributed by atoms with van der Waals surface area (Å²) in [5, 5.41) is 17.7. The van der Waals surface area contributed by atoms with Gasteiger partial charge in [0.25, 0.3) is 0 Å². The first-order valence-corrected chi connectivity index (χ1v) is 8.21. The van der Waals surface area contributed by atoms with Crippen LogP contribution in [0, 0.1) is 5.41 Å². The number of amides is 2. The van der Waals surface area contributed by atoms with E-state index in [2.05, 4.69) is 15.6 Å². The Morgan fingerprint density at radius 2 is 2.05 bits per heavy atom. The molecule has 5 nitrogen and oxygen atoms in total. The number of nitrogens with zero attached hydrogens (tertiary/aromatic N) is 1. The van der Waals surface area contributed by atoms with Gasteiger partial charge in [-0.05, 0) is 12.8 Å². The summed E-state index contributed by atoms with van der Waals surface area (Å²) in [5.41, 5.74) is 1.94. The van der Waals surface area contributed by atoms with Crippen LogP contribution in [0.4, 0.5) is 4.79 Å². The minimum Gasteiger partial charge on any atom is -0.396 e. The van der Waals surface area contributed by atoms with Crippen molar-refractivity contribution in [3.05, 3.63) is 40.7 Å². The molecule has 0 aliphatic heterocycles. The predicted molar refractivity (Wildman–Crippen MR) is 86.5 cm³/mol. The zero-order valence-corrected chi connectivity index (χ0v) is 13.0. The van der Waals surface area contributed by atoms with Gasteiger partial charge in [0.1, 0.15) is 5.01 Å². The Balaban J connectivity index is 1.48. The van der Waals surface area contributed by atoms with Crippen molar-refractivity contribution < 1.29 is 9.90 Å². The van der Waals surface area contributed by atoms with Crippen molar-refractivity contribution >= 4 is 17.4 Å². The molecule has 3 rings (SSSR count). The molecule has 1 aromatic carbocycles. The first-order valence-electron chi connectivity index (χ1n) is 7.33. The van der Waals surface area contributed by atoms with Crippen LogP contribution >= 0.6 is 11.3 Å². The summed E-state index contributed by atoms with van der Waals surface area (Å²) in [5.74, 6) is 0. The smallest absolute Gasteiger partial charge is 0.315 e. The Morgan fingerprint density at radius 3 is 2.73 bits per heavy atom. The van der Waals surface area contributed by atoms with Crippen molar-refractivity contribution in [1.82, 2.24) is 15.6 Å². The van der Waals surface area contributed by atoms with Crippen molar-refractivity contribution in [2.75, 3.05) is 13.2 Å². The summed E-state index contributed by atoms with van der Waals surface area (Å²) < 4.78 is 0. The Morgan fingerprint density at radius 1 is 1.27 bits per heavy atom. The number of aliphatic hydroxyl groups excluding tert-OH is 1. The molecule has 0 spiro atoms. The third-order valence-corrected chi connectivity index (χ3v) is 4.79. The van der Waals surface area contributed by atoms with Crippen molar-refractivity contribution in [1.29, 1.82) is 0 Å². The van der Waals surface area contributed by atoms with Crippen LogP contribution in [0.3, 0.4) is 0 Å². The molecular formula is C16H19N3O2S. The second-order valence-electron chi connectivity index (χ2n) is 5.69. The van der Waals surface area contributed by atoms with Crippen LogP contribution in [0.2, 0.25) is 0 Å². The van der Waals surface area contributed by atoms with E-state index in [1.807, 2.05) is 35.7 Å². The van der Waals surface area contributed by atoms with Crippen molar-refractivity contribution in [2.45, 2.75) is 19.4 Å². The molecule has 2 aromatic rings. The van der Waals surface area contributed by atoms with E-state index in [1.165, 1.54) is 11.3 Å². The highest BCUT2D eigenvalue weighted by molar-refractivity contribution is 7.09. The van der Waals surface area contributed by atoms with E-state index >= 15 is 0 Å². The lowest BCUT2D eigenvalue weighted by molar-refractivity contribution is 0.203. The molecular weight excluding hydrogens is 298 g/mol. The van der Waals surface area contributed by atoms with Crippen LogP contribution in [-0.2, 0) is 6.54 Å². The first-order chi connectivity index (χ1) is 10.7. The van der Waals surface area contributed by atoms with Gasteiger partial charge in [-0.15, -0.1) is 11.3 Å². The summed E-state index contributed by atoms with van der Waals surface area (Å²) in [6.45, 7) is 1.08.